The van der Waals surface area contributed by atoms with Gasteiger partial charge in [0.05, 0.1) is 18.8 Å². The van der Waals surface area contributed by atoms with E-state index >= 15 is 0 Å². The van der Waals surface area contributed by atoms with E-state index in [1.807, 2.05) is 0 Å². The third-order valence-corrected chi connectivity index (χ3v) is 7.32. The molecule has 14 nitrogen and oxygen atoms in total. The predicted molar refractivity (Wildman–Crippen MR) is 135 cm³/mol. The maximum Gasteiger partial charge on any atom is 0.459 e. The first-order valence-electron chi connectivity index (χ1n) is 11.8. The van der Waals surface area contributed by atoms with Crippen LogP contribution in [0.5, 0.6) is 5.75 Å². The van der Waals surface area contributed by atoms with Gasteiger partial charge < -0.3 is 19.1 Å². The summed E-state index contributed by atoms with van der Waals surface area (Å²) in [6, 6.07) is 8.60. The maximum absolute atomic E-state index is 13.7. The van der Waals surface area contributed by atoms with Crippen molar-refractivity contribution < 1.29 is 33.0 Å². The Morgan fingerprint density at radius 3 is 2.63 bits per heavy atom. The largest absolute Gasteiger partial charge is 0.462 e. The van der Waals surface area contributed by atoms with E-state index in [4.69, 9.17) is 24.1 Å². The number of benzene rings is 1. The lowest BCUT2D eigenvalue weighted by Gasteiger charge is -2.28. The second kappa shape index (κ2) is 12.1. The Balaban J connectivity index is 1.86. The van der Waals surface area contributed by atoms with Gasteiger partial charge in [-0.05, 0) is 58.3 Å². The van der Waals surface area contributed by atoms with Crippen molar-refractivity contribution >= 4 is 13.7 Å². The van der Waals surface area contributed by atoms with Crippen LogP contribution >= 0.6 is 7.75 Å². The molecule has 206 valence electrons. The minimum absolute atomic E-state index is 0.190. The van der Waals surface area contributed by atoms with Crippen LogP contribution in [-0.2, 0) is 23.4 Å². The molecule has 0 amide bonds. The van der Waals surface area contributed by atoms with Crippen molar-refractivity contribution in [2.24, 2.45) is 5.11 Å². The first kappa shape index (κ1) is 29.3. The number of aliphatic hydroxyl groups is 1. The summed E-state index contributed by atoms with van der Waals surface area (Å²) in [5.74, 6) is -0.491. The molecule has 38 heavy (non-hydrogen) atoms. The number of hydrogen-bond donors (Lipinski definition) is 2. The zero-order valence-electron chi connectivity index (χ0n) is 21.6. The Morgan fingerprint density at radius 2 is 2.03 bits per heavy atom. The van der Waals surface area contributed by atoms with E-state index in [1.165, 1.54) is 20.0 Å². The third kappa shape index (κ3) is 6.79. The Bertz CT molecular complexity index is 1280. The second-order valence-corrected chi connectivity index (χ2v) is 10.9. The Kier molecular flexibility index (Phi) is 9.31. The van der Waals surface area contributed by atoms with Crippen molar-refractivity contribution in [1.29, 1.82) is 0 Å². The Hall–Kier alpha value is -3.25. The smallest absolute Gasteiger partial charge is 0.459 e. The van der Waals surface area contributed by atoms with Crippen molar-refractivity contribution in [2.45, 2.75) is 70.7 Å². The molecule has 0 bridgehead atoms. The molecular formula is C23H31N6O8P. The minimum atomic E-state index is -4.26. The topological polar surface area (TPSA) is 187 Å². The van der Waals surface area contributed by atoms with Gasteiger partial charge in [-0.3, -0.25) is 13.9 Å². The van der Waals surface area contributed by atoms with E-state index in [0.29, 0.717) is 5.69 Å². The molecule has 2 N–H and O–H groups in total. The van der Waals surface area contributed by atoms with Crippen molar-refractivity contribution in [3.05, 3.63) is 69.2 Å². The van der Waals surface area contributed by atoms with Gasteiger partial charge in [0.25, 0.3) is 0 Å². The van der Waals surface area contributed by atoms with Gasteiger partial charge in [-0.15, -0.1) is 0 Å². The summed E-state index contributed by atoms with van der Waals surface area (Å²) >= 11 is 0. The SMILES string of the molecule is Cc1ccn([C@@H]2O[C@H](COP(=O)(N[C@@H](C)C(=O)OC(C)C)Oc3ccccc3)[C@@H](O)[C@@]2(C)N=[N+]=[N-])c(=O)n1. The molecule has 1 unspecified atom stereocenters. The molecule has 1 fully saturated rings. The fraction of sp³-hybridized carbons (Fsp3) is 0.522. The van der Waals surface area contributed by atoms with Crippen LogP contribution in [0.1, 0.15) is 39.6 Å². The molecule has 15 heteroatoms. The quantitative estimate of drug-likeness (QED) is 0.138. The molecule has 6 atom stereocenters. The summed E-state index contributed by atoms with van der Waals surface area (Å²) in [4.78, 5) is 31.5. The number of rotatable bonds is 11. The van der Waals surface area contributed by atoms with E-state index in [2.05, 4.69) is 20.1 Å². The van der Waals surface area contributed by atoms with Crippen LogP contribution < -0.4 is 15.3 Å². The van der Waals surface area contributed by atoms with E-state index in [9.17, 15) is 19.3 Å². The van der Waals surface area contributed by atoms with Crippen molar-refractivity contribution in [2.75, 3.05) is 6.61 Å². The number of nitrogens with one attached hydrogen (secondary N) is 1. The van der Waals surface area contributed by atoms with Crippen LogP contribution in [0.3, 0.4) is 0 Å². The summed E-state index contributed by atoms with van der Waals surface area (Å²) in [5, 5.41) is 17.3. The van der Waals surface area contributed by atoms with Gasteiger partial charge in [0.2, 0.25) is 0 Å². The molecule has 0 spiro atoms. The molecule has 1 aromatic heterocycles. The number of hydrogen-bond acceptors (Lipinski definition) is 10. The number of nitrogens with zero attached hydrogens (tertiary/aromatic N) is 5. The number of para-hydroxylation sites is 1. The van der Waals surface area contributed by atoms with Crippen LogP contribution in [0.4, 0.5) is 0 Å². The van der Waals surface area contributed by atoms with Crippen LogP contribution in [0.25, 0.3) is 10.4 Å². The van der Waals surface area contributed by atoms with Gasteiger partial charge in [-0.1, -0.05) is 23.3 Å². The van der Waals surface area contributed by atoms with Crippen molar-refractivity contribution in [3.63, 3.8) is 0 Å². The predicted octanol–water partition coefficient (Wildman–Crippen LogP) is 3.01. The lowest BCUT2D eigenvalue weighted by Crippen LogP contribution is -2.45. The first-order chi connectivity index (χ1) is 17.9. The fourth-order valence-corrected chi connectivity index (χ4v) is 5.27. The zero-order chi connectivity index (χ0) is 28.1. The summed E-state index contributed by atoms with van der Waals surface area (Å²) in [6.45, 7) is 7.30. The second-order valence-electron chi connectivity index (χ2n) is 9.18. The highest BCUT2D eigenvalue weighted by molar-refractivity contribution is 7.52. The monoisotopic (exact) mass is 550 g/mol. The maximum atomic E-state index is 13.7. The lowest BCUT2D eigenvalue weighted by molar-refractivity contribution is -0.149. The summed E-state index contributed by atoms with van der Waals surface area (Å²) in [5.41, 5.74) is 7.29. The fourth-order valence-electron chi connectivity index (χ4n) is 3.76. The highest BCUT2D eigenvalue weighted by Gasteiger charge is 2.55. The van der Waals surface area contributed by atoms with E-state index in [0.717, 1.165) is 4.57 Å². The van der Waals surface area contributed by atoms with Crippen LogP contribution in [0.2, 0.25) is 0 Å². The van der Waals surface area contributed by atoms with Crippen LogP contribution in [-0.4, -0.2) is 57.1 Å². The van der Waals surface area contributed by atoms with E-state index < -0.39 is 62.1 Å². The van der Waals surface area contributed by atoms with Gasteiger partial charge in [-0.2, -0.15) is 10.1 Å². The Morgan fingerprint density at radius 1 is 1.34 bits per heavy atom. The van der Waals surface area contributed by atoms with E-state index in [1.54, 1.807) is 57.2 Å². The standard InChI is InChI=1S/C23H31N6O8P/c1-14(2)35-20(31)16(4)26-38(33,37-17-9-7-6-8-10-17)34-13-18-19(30)23(5,27-28-24)21(36-18)29-12-11-15(3)25-22(29)32/h6-12,14,16,18-19,21,30H,13H2,1-5H3,(H,26,33)/t16-,18+,19+,21+,23+,38?/m0/s1. The van der Waals surface area contributed by atoms with Crippen LogP contribution in [0.15, 0.2) is 52.5 Å². The number of aromatic nitrogens is 2. The van der Waals surface area contributed by atoms with Gasteiger partial charge >= 0.3 is 19.4 Å². The molecule has 1 aromatic carbocycles. The normalized spacial score (nSPS) is 25.3. The molecule has 1 aliphatic heterocycles. The average Bonchev–Trinajstić information content (AvgIpc) is 3.08. The number of carbonyl (C=O) groups is 1. The highest BCUT2D eigenvalue weighted by Crippen LogP contribution is 2.47. The molecule has 2 heterocycles. The third-order valence-electron chi connectivity index (χ3n) is 5.67. The summed E-state index contributed by atoms with van der Waals surface area (Å²) in [6.07, 6.45) is -2.94. The Labute approximate surface area is 219 Å². The highest BCUT2D eigenvalue weighted by atomic mass is 31.2. The molecule has 3 rings (SSSR count). The molecule has 0 aliphatic carbocycles. The molecule has 0 radical (unpaired) electrons. The number of esters is 1. The first-order valence-corrected chi connectivity index (χ1v) is 13.4. The molecular weight excluding hydrogens is 519 g/mol. The molecule has 1 saturated heterocycles. The molecule has 1 aliphatic rings. The number of carbonyl (C=O) groups excluding carboxylic acids is 1. The summed E-state index contributed by atoms with van der Waals surface area (Å²) in [7, 11) is -4.26. The number of aliphatic hydroxyl groups excluding tert-OH is 1. The van der Waals surface area contributed by atoms with Crippen molar-refractivity contribution in [1.82, 2.24) is 14.6 Å². The van der Waals surface area contributed by atoms with Gasteiger partial charge in [0, 0.05) is 16.8 Å². The lowest BCUT2D eigenvalue weighted by atomic mass is 9.93. The zero-order valence-corrected chi connectivity index (χ0v) is 22.5. The molecule has 0 saturated carbocycles. The van der Waals surface area contributed by atoms with Gasteiger partial charge in [0.15, 0.2) is 6.23 Å². The minimum Gasteiger partial charge on any atom is -0.462 e. The number of ether oxygens (including phenoxy) is 2. The number of azide groups is 1. The molecule has 2 aromatic rings. The summed E-state index contributed by atoms with van der Waals surface area (Å²) < 4.78 is 37.1. The van der Waals surface area contributed by atoms with E-state index in [-0.39, 0.29) is 5.75 Å². The van der Waals surface area contributed by atoms with Crippen LogP contribution in [0, 0.1) is 6.92 Å². The van der Waals surface area contributed by atoms with Gasteiger partial charge in [-0.25, -0.2) is 9.36 Å². The number of aryl methyl sites for hydroxylation is 1. The van der Waals surface area contributed by atoms with Crippen molar-refractivity contribution in [3.8, 4) is 5.75 Å². The average molecular weight is 551 g/mol. The van der Waals surface area contributed by atoms with Gasteiger partial charge in [0.1, 0.15) is 23.4 Å².